The molecule has 0 saturated heterocycles. The van der Waals surface area contributed by atoms with Crippen molar-refractivity contribution in [2.45, 2.75) is 59.3 Å². The van der Waals surface area contributed by atoms with Crippen molar-refractivity contribution in [2.75, 3.05) is 24.2 Å². The molecule has 0 bridgehead atoms. The molecule has 2 amide bonds. The number of aliphatic hydroxyl groups excluding tert-OH is 2. The minimum absolute atomic E-state index is 0.00123. The molecule has 0 radical (unpaired) electrons. The maximum Gasteiger partial charge on any atom is 0.271 e. The lowest BCUT2D eigenvalue weighted by atomic mass is 9.90. The number of carbonyl (C=O) groups excluding carboxylic acids is 2. The Hall–Kier alpha value is -1.76. The highest BCUT2D eigenvalue weighted by atomic mass is 32.2. The van der Waals surface area contributed by atoms with Gasteiger partial charge in [0.15, 0.2) is 5.13 Å². The van der Waals surface area contributed by atoms with E-state index in [1.807, 2.05) is 27.7 Å². The molecule has 1 heterocycles. The molecule has 1 aromatic rings. The number of nitrogens with one attached hydrogen (secondary N) is 2. The van der Waals surface area contributed by atoms with Gasteiger partial charge < -0.3 is 20.8 Å². The van der Waals surface area contributed by atoms with Gasteiger partial charge >= 0.3 is 0 Å². The van der Waals surface area contributed by atoms with E-state index in [1.165, 1.54) is 19.4 Å². The molecule has 12 heteroatoms. The summed E-state index contributed by atoms with van der Waals surface area (Å²) in [6.07, 6.45) is -1.40. The lowest BCUT2D eigenvalue weighted by Crippen LogP contribution is -2.53. The number of sulfonamides is 1. The van der Waals surface area contributed by atoms with E-state index in [1.54, 1.807) is 0 Å². The van der Waals surface area contributed by atoms with Crippen LogP contribution in [0.5, 0.6) is 0 Å². The number of amides is 2. The fraction of sp³-hybridized carbons (Fsp3) is 0.750. The number of rotatable bonds is 12. The Bertz CT molecular complexity index is 871. The van der Waals surface area contributed by atoms with E-state index >= 15 is 0 Å². The van der Waals surface area contributed by atoms with Gasteiger partial charge in [-0.15, -0.1) is 11.3 Å². The molecule has 0 aliphatic rings. The molecule has 0 aliphatic heterocycles. The van der Waals surface area contributed by atoms with E-state index in [-0.39, 0.29) is 28.6 Å². The lowest BCUT2D eigenvalue weighted by Gasteiger charge is -2.31. The highest BCUT2D eigenvalue weighted by Gasteiger charge is 2.35. The zero-order chi connectivity index (χ0) is 24.8. The van der Waals surface area contributed by atoms with Gasteiger partial charge in [0.05, 0.1) is 24.3 Å². The fourth-order valence-electron chi connectivity index (χ4n) is 2.84. The van der Waals surface area contributed by atoms with Crippen molar-refractivity contribution >= 4 is 38.3 Å². The van der Waals surface area contributed by atoms with Crippen LogP contribution in [0.2, 0.25) is 0 Å². The summed E-state index contributed by atoms with van der Waals surface area (Å²) in [7, 11) is -2.18. The van der Waals surface area contributed by atoms with E-state index in [0.717, 1.165) is 21.9 Å². The van der Waals surface area contributed by atoms with Gasteiger partial charge in [0.1, 0.15) is 11.8 Å². The number of thiazole rings is 1. The molecular weight excluding hydrogens is 456 g/mol. The molecule has 4 unspecified atom stereocenters. The second-order valence-corrected chi connectivity index (χ2v) is 11.7. The highest BCUT2D eigenvalue weighted by molar-refractivity contribution is 7.92. The SMILES string of the molecule is CC(C)CNC(=O)C(C)C(O)C(O)C(CC(C)C)NC(=O)c1csc(N(C)S(C)(=O)=O)n1. The molecule has 32 heavy (non-hydrogen) atoms. The molecule has 184 valence electrons. The first-order chi connectivity index (χ1) is 14.6. The third-order valence-electron chi connectivity index (χ3n) is 4.91. The van der Waals surface area contributed by atoms with E-state index in [2.05, 4.69) is 15.6 Å². The average molecular weight is 493 g/mol. The number of nitrogens with zero attached hydrogens (tertiary/aromatic N) is 2. The fourth-order valence-corrected chi connectivity index (χ4v) is 4.38. The Morgan fingerprint density at radius 2 is 1.72 bits per heavy atom. The van der Waals surface area contributed by atoms with Crippen molar-refractivity contribution in [1.29, 1.82) is 0 Å². The second-order valence-electron chi connectivity index (χ2n) is 8.86. The first-order valence-corrected chi connectivity index (χ1v) is 13.2. The minimum Gasteiger partial charge on any atom is -0.390 e. The topological polar surface area (TPSA) is 149 Å². The van der Waals surface area contributed by atoms with Crippen LogP contribution in [0.1, 0.15) is 51.5 Å². The van der Waals surface area contributed by atoms with Crippen molar-refractivity contribution < 1.29 is 28.2 Å². The molecule has 10 nitrogen and oxygen atoms in total. The van der Waals surface area contributed by atoms with Crippen LogP contribution >= 0.6 is 11.3 Å². The molecule has 0 aromatic carbocycles. The molecule has 0 spiro atoms. The Kier molecular flexibility index (Phi) is 10.5. The molecule has 4 atom stereocenters. The highest BCUT2D eigenvalue weighted by Crippen LogP contribution is 2.22. The number of aromatic nitrogens is 1. The summed E-state index contributed by atoms with van der Waals surface area (Å²) in [6.45, 7) is 9.67. The summed E-state index contributed by atoms with van der Waals surface area (Å²) < 4.78 is 24.3. The summed E-state index contributed by atoms with van der Waals surface area (Å²) in [4.78, 5) is 29.1. The number of hydrogen-bond donors (Lipinski definition) is 4. The molecular formula is C20H36N4O6S2. The van der Waals surface area contributed by atoms with Crippen LogP contribution in [0.15, 0.2) is 5.38 Å². The quantitative estimate of drug-likeness (QED) is 0.337. The van der Waals surface area contributed by atoms with E-state index in [0.29, 0.717) is 13.0 Å². The second kappa shape index (κ2) is 11.9. The maximum atomic E-state index is 12.7. The van der Waals surface area contributed by atoms with Crippen LogP contribution in [-0.2, 0) is 14.8 Å². The minimum atomic E-state index is -3.52. The van der Waals surface area contributed by atoms with Gasteiger partial charge in [-0.25, -0.2) is 17.7 Å². The lowest BCUT2D eigenvalue weighted by molar-refractivity contribution is -0.132. The maximum absolute atomic E-state index is 12.7. The predicted octanol–water partition coefficient (Wildman–Crippen LogP) is 0.814. The van der Waals surface area contributed by atoms with Crippen molar-refractivity contribution in [3.8, 4) is 0 Å². The van der Waals surface area contributed by atoms with Gasteiger partial charge in [-0.05, 0) is 18.3 Å². The summed E-state index contributed by atoms with van der Waals surface area (Å²) in [5, 5.41) is 28.3. The van der Waals surface area contributed by atoms with Crippen molar-refractivity contribution in [3.63, 3.8) is 0 Å². The normalized spacial score (nSPS) is 15.8. The van der Waals surface area contributed by atoms with E-state index in [9.17, 15) is 28.2 Å². The van der Waals surface area contributed by atoms with Crippen LogP contribution in [0.3, 0.4) is 0 Å². The third kappa shape index (κ3) is 8.30. The van der Waals surface area contributed by atoms with Crippen LogP contribution in [0.4, 0.5) is 5.13 Å². The molecule has 1 aromatic heterocycles. The van der Waals surface area contributed by atoms with Crippen LogP contribution in [-0.4, -0.2) is 73.5 Å². The summed E-state index contributed by atoms with van der Waals surface area (Å²) in [5.41, 5.74) is -0.00123. The number of carbonyl (C=O) groups is 2. The van der Waals surface area contributed by atoms with Gasteiger partial charge in [0, 0.05) is 19.0 Å². The third-order valence-corrected chi connectivity index (χ3v) is 7.11. The number of hydrogen-bond acceptors (Lipinski definition) is 8. The Morgan fingerprint density at radius 3 is 2.22 bits per heavy atom. The van der Waals surface area contributed by atoms with Crippen LogP contribution < -0.4 is 14.9 Å². The van der Waals surface area contributed by atoms with Crippen LogP contribution in [0, 0.1) is 17.8 Å². The Morgan fingerprint density at radius 1 is 1.12 bits per heavy atom. The first kappa shape index (κ1) is 28.3. The Labute approximate surface area is 194 Å². The standard InChI is InChI=1S/C20H36N4O6S2/c1-11(2)8-14(17(26)16(25)13(5)18(27)21-9-12(3)4)22-19(28)15-10-31-20(23-15)24(6)32(7,29)30/h10-14,16-17,25-26H,8-9H2,1-7H3,(H,21,27)(H,22,28). The summed E-state index contributed by atoms with van der Waals surface area (Å²) >= 11 is 0.995. The average Bonchev–Trinajstić information content (AvgIpc) is 3.18. The molecule has 0 aliphatic carbocycles. The van der Waals surface area contributed by atoms with Crippen molar-refractivity contribution in [2.24, 2.45) is 17.8 Å². The zero-order valence-corrected chi connectivity index (χ0v) is 21.3. The monoisotopic (exact) mass is 492 g/mol. The van der Waals surface area contributed by atoms with Gasteiger partial charge in [-0.2, -0.15) is 0 Å². The van der Waals surface area contributed by atoms with Crippen molar-refractivity contribution in [3.05, 3.63) is 11.1 Å². The first-order valence-electron chi connectivity index (χ1n) is 10.5. The smallest absolute Gasteiger partial charge is 0.271 e. The van der Waals surface area contributed by atoms with Gasteiger partial charge in [-0.1, -0.05) is 34.6 Å². The van der Waals surface area contributed by atoms with Crippen LogP contribution in [0.25, 0.3) is 0 Å². The largest absolute Gasteiger partial charge is 0.390 e. The number of anilines is 1. The van der Waals surface area contributed by atoms with E-state index < -0.39 is 40.1 Å². The zero-order valence-electron chi connectivity index (χ0n) is 19.7. The molecule has 1 rings (SSSR count). The van der Waals surface area contributed by atoms with Gasteiger partial charge in [0.2, 0.25) is 15.9 Å². The predicted molar refractivity (Wildman–Crippen MR) is 125 cm³/mol. The Balaban J connectivity index is 2.95. The molecule has 4 N–H and O–H groups in total. The molecule has 0 saturated carbocycles. The number of aliphatic hydroxyl groups is 2. The molecule has 0 fully saturated rings. The van der Waals surface area contributed by atoms with Crippen molar-refractivity contribution in [1.82, 2.24) is 15.6 Å². The summed E-state index contributed by atoms with van der Waals surface area (Å²) in [5.74, 6) is -1.55. The van der Waals surface area contributed by atoms with E-state index in [4.69, 9.17) is 0 Å². The van der Waals surface area contributed by atoms with Gasteiger partial charge in [0.25, 0.3) is 5.91 Å². The summed E-state index contributed by atoms with van der Waals surface area (Å²) in [6, 6.07) is -0.837. The van der Waals surface area contributed by atoms with Gasteiger partial charge in [-0.3, -0.25) is 9.59 Å².